The van der Waals surface area contributed by atoms with Gasteiger partial charge < -0.3 is 26.4 Å². The number of carbonyl (C=O) groups excluding carboxylic acids is 1. The van der Waals surface area contributed by atoms with Gasteiger partial charge >= 0.3 is 0 Å². The highest BCUT2D eigenvalue weighted by atomic mass is 16.3. The molecule has 0 aliphatic carbocycles. The van der Waals surface area contributed by atoms with Crippen molar-refractivity contribution in [2.45, 2.75) is 25.0 Å². The quantitative estimate of drug-likeness (QED) is 0.610. The number of amides is 1. The maximum absolute atomic E-state index is 12.8. The molecule has 0 spiro atoms. The fourth-order valence-electron chi connectivity index (χ4n) is 3.48. The van der Waals surface area contributed by atoms with Crippen LogP contribution in [0.4, 0.5) is 0 Å². The Morgan fingerprint density at radius 3 is 3.16 bits per heavy atom. The molecule has 8 nitrogen and oxygen atoms in total. The van der Waals surface area contributed by atoms with Crippen molar-refractivity contribution in [3.05, 3.63) is 41.1 Å². The van der Waals surface area contributed by atoms with Crippen LogP contribution >= 0.6 is 0 Å². The number of guanidine groups is 1. The van der Waals surface area contributed by atoms with Crippen LogP contribution in [-0.2, 0) is 0 Å². The van der Waals surface area contributed by atoms with E-state index in [1.54, 1.807) is 17.3 Å². The number of hydrogen-bond donors (Lipinski definition) is 4. The van der Waals surface area contributed by atoms with E-state index in [0.29, 0.717) is 18.1 Å². The summed E-state index contributed by atoms with van der Waals surface area (Å²) in [5, 5.41) is 15.6. The summed E-state index contributed by atoms with van der Waals surface area (Å²) in [6.45, 7) is 0.676. The molecule has 0 saturated carbocycles. The average molecular weight is 340 g/mol. The molecule has 0 aromatic heterocycles. The van der Waals surface area contributed by atoms with Crippen LogP contribution in [0.15, 0.2) is 39.9 Å². The Labute approximate surface area is 145 Å². The Hall–Kier alpha value is -2.87. The summed E-state index contributed by atoms with van der Waals surface area (Å²) in [5.74, 6) is 0.231. The minimum atomic E-state index is -0.368. The van der Waals surface area contributed by atoms with Gasteiger partial charge in [0, 0.05) is 17.7 Å². The average Bonchev–Trinajstić information content (AvgIpc) is 3.29. The highest BCUT2D eigenvalue weighted by molar-refractivity contribution is 5.97. The van der Waals surface area contributed by atoms with Crippen molar-refractivity contribution in [3.63, 3.8) is 0 Å². The Balaban J connectivity index is 1.65. The molecule has 1 aromatic rings. The van der Waals surface area contributed by atoms with E-state index in [9.17, 15) is 9.90 Å². The number of carbonyl (C=O) groups is 1. The summed E-state index contributed by atoms with van der Waals surface area (Å²) in [6, 6.07) is 7.28. The molecule has 1 aromatic carbocycles. The third-order valence-electron chi connectivity index (χ3n) is 4.72. The second-order valence-electron chi connectivity index (χ2n) is 6.28. The highest BCUT2D eigenvalue weighted by Gasteiger charge is 2.30. The maximum Gasteiger partial charge on any atom is 0.254 e. The summed E-state index contributed by atoms with van der Waals surface area (Å²) in [5.41, 5.74) is 8.86. The summed E-state index contributed by atoms with van der Waals surface area (Å²) < 4.78 is 0. The highest BCUT2D eigenvalue weighted by Crippen LogP contribution is 2.26. The van der Waals surface area contributed by atoms with E-state index in [4.69, 9.17) is 5.73 Å². The first kappa shape index (κ1) is 15.6. The minimum absolute atomic E-state index is 0.00176. The summed E-state index contributed by atoms with van der Waals surface area (Å²) in [4.78, 5) is 23.0. The predicted molar refractivity (Wildman–Crippen MR) is 94.7 cm³/mol. The molecule has 0 bridgehead atoms. The van der Waals surface area contributed by atoms with Crippen LogP contribution < -0.4 is 16.4 Å². The molecular formula is C17H20N6O2. The first-order chi connectivity index (χ1) is 12.2. The predicted octanol–water partition coefficient (Wildman–Crippen LogP) is -0.172. The lowest BCUT2D eigenvalue weighted by molar-refractivity contribution is 0.0677. The number of rotatable bonds is 3. The van der Waals surface area contributed by atoms with Gasteiger partial charge in [0.05, 0.1) is 30.4 Å². The molecule has 3 aliphatic rings. The molecule has 130 valence electrons. The van der Waals surface area contributed by atoms with Crippen LogP contribution in [0.1, 0.15) is 28.8 Å². The van der Waals surface area contributed by atoms with Crippen molar-refractivity contribution in [2.24, 2.45) is 15.7 Å². The smallest absolute Gasteiger partial charge is 0.254 e. The zero-order chi connectivity index (χ0) is 17.4. The number of aliphatic hydroxyl groups excluding tert-OH is 1. The molecule has 3 heterocycles. The van der Waals surface area contributed by atoms with Crippen molar-refractivity contribution >= 4 is 23.9 Å². The Morgan fingerprint density at radius 2 is 2.32 bits per heavy atom. The SMILES string of the molecule is NC1=NC2N=CNC2=C(c2cccc(C(=O)N3CCC[C@H]3CO)c2)N1. The van der Waals surface area contributed by atoms with Crippen LogP contribution in [0.25, 0.3) is 5.70 Å². The van der Waals surface area contributed by atoms with Gasteiger partial charge in [0.25, 0.3) is 5.91 Å². The minimum Gasteiger partial charge on any atom is -0.394 e. The first-order valence-electron chi connectivity index (χ1n) is 8.32. The van der Waals surface area contributed by atoms with E-state index < -0.39 is 0 Å². The van der Waals surface area contributed by atoms with E-state index in [0.717, 1.165) is 29.8 Å². The summed E-state index contributed by atoms with van der Waals surface area (Å²) in [7, 11) is 0. The molecule has 5 N–H and O–H groups in total. The topological polar surface area (TPSA) is 115 Å². The van der Waals surface area contributed by atoms with E-state index in [1.807, 2.05) is 18.2 Å². The largest absolute Gasteiger partial charge is 0.394 e. The number of nitrogens with zero attached hydrogens (tertiary/aromatic N) is 3. The lowest BCUT2D eigenvalue weighted by atomic mass is 10.0. The van der Waals surface area contributed by atoms with Crippen molar-refractivity contribution in [3.8, 4) is 0 Å². The number of aliphatic hydroxyl groups is 1. The lowest BCUT2D eigenvalue weighted by Crippen LogP contribution is -2.39. The van der Waals surface area contributed by atoms with Crippen LogP contribution in [0.5, 0.6) is 0 Å². The molecule has 1 saturated heterocycles. The van der Waals surface area contributed by atoms with Gasteiger partial charge in [-0.25, -0.2) is 9.98 Å². The van der Waals surface area contributed by atoms with Crippen LogP contribution in [0, 0.1) is 0 Å². The van der Waals surface area contributed by atoms with Crippen LogP contribution in [-0.4, -0.2) is 53.6 Å². The molecule has 1 amide bonds. The van der Waals surface area contributed by atoms with E-state index in [2.05, 4.69) is 20.6 Å². The molecule has 4 rings (SSSR count). The molecule has 3 aliphatic heterocycles. The molecule has 1 unspecified atom stereocenters. The van der Waals surface area contributed by atoms with Gasteiger partial charge in [0.2, 0.25) is 0 Å². The normalized spacial score (nSPS) is 24.7. The van der Waals surface area contributed by atoms with Crippen LogP contribution in [0.2, 0.25) is 0 Å². The van der Waals surface area contributed by atoms with Gasteiger partial charge in [0.1, 0.15) is 0 Å². The summed E-state index contributed by atoms with van der Waals surface area (Å²) >= 11 is 0. The third-order valence-corrected chi connectivity index (χ3v) is 4.72. The fourth-order valence-corrected chi connectivity index (χ4v) is 3.48. The number of benzene rings is 1. The second-order valence-corrected chi connectivity index (χ2v) is 6.28. The molecule has 25 heavy (non-hydrogen) atoms. The monoisotopic (exact) mass is 340 g/mol. The van der Waals surface area contributed by atoms with Crippen molar-refractivity contribution in [1.29, 1.82) is 0 Å². The van der Waals surface area contributed by atoms with Crippen LogP contribution in [0.3, 0.4) is 0 Å². The number of aliphatic imine (C=N–C) groups is 2. The van der Waals surface area contributed by atoms with Gasteiger partial charge in [-0.15, -0.1) is 0 Å². The van der Waals surface area contributed by atoms with E-state index in [-0.39, 0.29) is 24.7 Å². The van der Waals surface area contributed by atoms with E-state index >= 15 is 0 Å². The fraction of sp³-hybridized carbons (Fsp3) is 0.353. The van der Waals surface area contributed by atoms with E-state index in [1.165, 1.54) is 0 Å². The van der Waals surface area contributed by atoms with Crippen molar-refractivity contribution in [1.82, 2.24) is 15.5 Å². The van der Waals surface area contributed by atoms with Gasteiger partial charge in [-0.1, -0.05) is 12.1 Å². The van der Waals surface area contributed by atoms with Gasteiger partial charge in [0.15, 0.2) is 12.1 Å². The molecular weight excluding hydrogens is 320 g/mol. The number of nitrogens with one attached hydrogen (secondary N) is 2. The molecule has 8 heteroatoms. The number of nitrogens with two attached hydrogens (primary N) is 1. The number of likely N-dealkylation sites (tertiary alicyclic amines) is 1. The van der Waals surface area contributed by atoms with Gasteiger partial charge in [-0.2, -0.15) is 0 Å². The lowest BCUT2D eigenvalue weighted by Gasteiger charge is -2.24. The Morgan fingerprint density at radius 1 is 1.44 bits per heavy atom. The zero-order valence-electron chi connectivity index (χ0n) is 13.6. The van der Waals surface area contributed by atoms with Gasteiger partial charge in [-0.05, 0) is 25.0 Å². The second kappa shape index (κ2) is 6.21. The third kappa shape index (κ3) is 2.74. The standard InChI is InChI=1S/C17H20N6O2/c18-17-21-13(14-15(22-17)20-9-19-14)10-3-1-4-11(7-10)16(25)23-6-2-5-12(23)8-24/h1,3-4,7,9,12,15,24H,2,5-6,8H2,(H,19,20)(H3,18,21,22)/t12-,15?/m0/s1. The van der Waals surface area contributed by atoms with Gasteiger partial charge in [-0.3, -0.25) is 4.79 Å². The summed E-state index contributed by atoms with van der Waals surface area (Å²) in [6.07, 6.45) is 2.99. The Kier molecular flexibility index (Phi) is 3.89. The molecule has 0 radical (unpaired) electrons. The molecule has 2 atom stereocenters. The zero-order valence-corrected chi connectivity index (χ0v) is 13.6. The Bertz CT molecular complexity index is 800. The molecule has 1 fully saturated rings. The number of fused-ring (bicyclic) bond motifs is 1. The first-order valence-corrected chi connectivity index (χ1v) is 8.32. The van der Waals surface area contributed by atoms with Crippen molar-refractivity contribution in [2.75, 3.05) is 13.2 Å². The van der Waals surface area contributed by atoms with Crippen molar-refractivity contribution < 1.29 is 9.90 Å². The maximum atomic E-state index is 12.8. The number of hydrogen-bond acceptors (Lipinski definition) is 7.